The lowest BCUT2D eigenvalue weighted by Gasteiger charge is -2.18. The summed E-state index contributed by atoms with van der Waals surface area (Å²) >= 11 is 0. The van der Waals surface area contributed by atoms with E-state index in [9.17, 15) is 5.11 Å². The van der Waals surface area contributed by atoms with Crippen molar-refractivity contribution in [2.75, 3.05) is 18.5 Å². The lowest BCUT2D eigenvalue weighted by atomic mass is 10.1. The summed E-state index contributed by atoms with van der Waals surface area (Å²) in [5.41, 5.74) is 0.291. The van der Waals surface area contributed by atoms with Crippen LogP contribution in [0.3, 0.4) is 0 Å². The molecule has 0 spiro atoms. The molecule has 0 radical (unpaired) electrons. The first-order valence-corrected chi connectivity index (χ1v) is 5.20. The molecular formula is C12H19NO2. The van der Waals surface area contributed by atoms with E-state index >= 15 is 0 Å². The maximum atomic E-state index is 9.53. The molecule has 2 N–H and O–H groups in total. The molecule has 15 heavy (non-hydrogen) atoms. The van der Waals surface area contributed by atoms with Gasteiger partial charge in [-0.05, 0) is 45.0 Å². The minimum absolute atomic E-state index is 0.529. The summed E-state index contributed by atoms with van der Waals surface area (Å²) in [5, 5.41) is 12.7. The Morgan fingerprint density at radius 3 is 2.33 bits per heavy atom. The summed E-state index contributed by atoms with van der Waals surface area (Å²) in [7, 11) is 0. The van der Waals surface area contributed by atoms with Gasteiger partial charge in [0.1, 0.15) is 5.75 Å². The zero-order chi connectivity index (χ0) is 11.3. The first-order valence-electron chi connectivity index (χ1n) is 5.20. The van der Waals surface area contributed by atoms with Gasteiger partial charge in [-0.25, -0.2) is 0 Å². The highest BCUT2D eigenvalue weighted by Crippen LogP contribution is 2.16. The Balaban J connectivity index is 2.50. The van der Waals surface area contributed by atoms with E-state index in [1.54, 1.807) is 13.8 Å². The molecule has 0 saturated carbocycles. The van der Waals surface area contributed by atoms with E-state index in [1.165, 1.54) is 0 Å². The summed E-state index contributed by atoms with van der Waals surface area (Å²) in [6, 6.07) is 7.71. The first-order chi connectivity index (χ1) is 7.01. The molecule has 0 bridgehead atoms. The van der Waals surface area contributed by atoms with Crippen LogP contribution in [0.1, 0.15) is 20.8 Å². The van der Waals surface area contributed by atoms with E-state index in [-0.39, 0.29) is 0 Å². The van der Waals surface area contributed by atoms with Crippen molar-refractivity contribution < 1.29 is 9.84 Å². The van der Waals surface area contributed by atoms with Crippen LogP contribution in [0.5, 0.6) is 5.75 Å². The first kappa shape index (κ1) is 11.9. The Kier molecular flexibility index (Phi) is 3.97. The molecule has 0 amide bonds. The third-order valence-corrected chi connectivity index (χ3v) is 1.89. The van der Waals surface area contributed by atoms with Gasteiger partial charge >= 0.3 is 0 Å². The summed E-state index contributed by atoms with van der Waals surface area (Å²) in [6.07, 6.45) is 0. The highest BCUT2D eigenvalue weighted by Gasteiger charge is 2.11. The molecule has 0 saturated heterocycles. The Labute approximate surface area is 91.1 Å². The van der Waals surface area contributed by atoms with Crippen molar-refractivity contribution in [1.82, 2.24) is 0 Å². The van der Waals surface area contributed by atoms with E-state index in [2.05, 4.69) is 5.32 Å². The van der Waals surface area contributed by atoms with Crippen LogP contribution < -0.4 is 10.1 Å². The predicted octanol–water partition coefficient (Wildman–Crippen LogP) is 2.27. The number of anilines is 1. The van der Waals surface area contributed by atoms with Gasteiger partial charge < -0.3 is 15.2 Å². The van der Waals surface area contributed by atoms with Gasteiger partial charge in [0, 0.05) is 12.2 Å². The largest absolute Gasteiger partial charge is 0.494 e. The van der Waals surface area contributed by atoms with Crippen LogP contribution in [-0.2, 0) is 0 Å². The average molecular weight is 209 g/mol. The Morgan fingerprint density at radius 2 is 1.87 bits per heavy atom. The van der Waals surface area contributed by atoms with Crippen molar-refractivity contribution in [3.63, 3.8) is 0 Å². The summed E-state index contributed by atoms with van der Waals surface area (Å²) in [6.45, 7) is 6.71. The molecule has 3 nitrogen and oxygen atoms in total. The summed E-state index contributed by atoms with van der Waals surface area (Å²) in [5.74, 6) is 0.867. The fourth-order valence-electron chi connectivity index (χ4n) is 1.15. The molecule has 1 aromatic carbocycles. The molecule has 0 aromatic heterocycles. The Morgan fingerprint density at radius 1 is 1.27 bits per heavy atom. The average Bonchev–Trinajstić information content (AvgIpc) is 2.16. The SMILES string of the molecule is CCOc1ccc(NCC(C)(C)O)cc1. The lowest BCUT2D eigenvalue weighted by Crippen LogP contribution is -2.29. The molecule has 0 aliphatic rings. The van der Waals surface area contributed by atoms with Crippen LogP contribution in [0.25, 0.3) is 0 Å². The van der Waals surface area contributed by atoms with Crippen LogP contribution in [0.15, 0.2) is 24.3 Å². The molecule has 0 aliphatic carbocycles. The molecule has 0 heterocycles. The number of rotatable bonds is 5. The van der Waals surface area contributed by atoms with Gasteiger partial charge in [-0.15, -0.1) is 0 Å². The number of ether oxygens (including phenoxy) is 1. The van der Waals surface area contributed by atoms with Crippen LogP contribution in [0.2, 0.25) is 0 Å². The molecule has 0 fully saturated rings. The van der Waals surface area contributed by atoms with E-state index in [4.69, 9.17) is 4.74 Å². The van der Waals surface area contributed by atoms with Gasteiger partial charge in [0.25, 0.3) is 0 Å². The second-order valence-corrected chi connectivity index (χ2v) is 4.12. The van der Waals surface area contributed by atoms with Crippen molar-refractivity contribution in [1.29, 1.82) is 0 Å². The Bertz CT molecular complexity index is 287. The summed E-state index contributed by atoms with van der Waals surface area (Å²) < 4.78 is 5.33. The standard InChI is InChI=1S/C12H19NO2/c1-4-15-11-7-5-10(6-8-11)13-9-12(2,3)14/h5-8,13-14H,4,9H2,1-3H3. The van der Waals surface area contributed by atoms with Crippen molar-refractivity contribution in [2.45, 2.75) is 26.4 Å². The summed E-state index contributed by atoms with van der Waals surface area (Å²) in [4.78, 5) is 0. The van der Waals surface area contributed by atoms with Gasteiger partial charge in [0.15, 0.2) is 0 Å². The van der Waals surface area contributed by atoms with Crippen LogP contribution in [-0.4, -0.2) is 23.9 Å². The second-order valence-electron chi connectivity index (χ2n) is 4.12. The van der Waals surface area contributed by atoms with Gasteiger partial charge in [-0.1, -0.05) is 0 Å². The topological polar surface area (TPSA) is 41.5 Å². The van der Waals surface area contributed by atoms with Gasteiger partial charge in [-0.3, -0.25) is 0 Å². The normalized spacial score (nSPS) is 11.2. The highest BCUT2D eigenvalue weighted by atomic mass is 16.5. The third kappa shape index (κ3) is 4.70. The number of nitrogens with one attached hydrogen (secondary N) is 1. The number of benzene rings is 1. The number of aliphatic hydroxyl groups is 1. The quantitative estimate of drug-likeness (QED) is 0.781. The minimum atomic E-state index is -0.696. The molecule has 84 valence electrons. The molecule has 0 aliphatic heterocycles. The second kappa shape index (κ2) is 5.03. The molecule has 1 rings (SSSR count). The number of hydrogen-bond acceptors (Lipinski definition) is 3. The fraction of sp³-hybridized carbons (Fsp3) is 0.500. The highest BCUT2D eigenvalue weighted by molar-refractivity contribution is 5.46. The maximum absolute atomic E-state index is 9.53. The van der Waals surface area contributed by atoms with Crippen molar-refractivity contribution in [2.24, 2.45) is 0 Å². The van der Waals surface area contributed by atoms with Gasteiger partial charge in [-0.2, -0.15) is 0 Å². The molecule has 0 atom stereocenters. The van der Waals surface area contributed by atoms with E-state index < -0.39 is 5.60 Å². The zero-order valence-electron chi connectivity index (χ0n) is 9.58. The predicted molar refractivity (Wildman–Crippen MR) is 62.4 cm³/mol. The van der Waals surface area contributed by atoms with Crippen molar-refractivity contribution >= 4 is 5.69 Å². The molecule has 0 unspecified atom stereocenters. The Hall–Kier alpha value is -1.22. The molecule has 1 aromatic rings. The van der Waals surface area contributed by atoms with Gasteiger partial charge in [0.2, 0.25) is 0 Å². The van der Waals surface area contributed by atoms with Crippen molar-refractivity contribution in [3.8, 4) is 5.75 Å². The third-order valence-electron chi connectivity index (χ3n) is 1.89. The molecular weight excluding hydrogens is 190 g/mol. The minimum Gasteiger partial charge on any atom is -0.494 e. The van der Waals surface area contributed by atoms with Crippen LogP contribution in [0, 0.1) is 0 Å². The van der Waals surface area contributed by atoms with Crippen molar-refractivity contribution in [3.05, 3.63) is 24.3 Å². The monoisotopic (exact) mass is 209 g/mol. The lowest BCUT2D eigenvalue weighted by molar-refractivity contribution is 0.0945. The van der Waals surface area contributed by atoms with E-state index in [1.807, 2.05) is 31.2 Å². The number of hydrogen-bond donors (Lipinski definition) is 2. The van der Waals surface area contributed by atoms with Crippen LogP contribution in [0.4, 0.5) is 5.69 Å². The van der Waals surface area contributed by atoms with Gasteiger partial charge in [0.05, 0.1) is 12.2 Å². The van der Waals surface area contributed by atoms with E-state index in [0.717, 1.165) is 11.4 Å². The van der Waals surface area contributed by atoms with E-state index in [0.29, 0.717) is 13.2 Å². The smallest absolute Gasteiger partial charge is 0.119 e. The van der Waals surface area contributed by atoms with Crippen LogP contribution >= 0.6 is 0 Å². The fourth-order valence-corrected chi connectivity index (χ4v) is 1.15. The zero-order valence-corrected chi connectivity index (χ0v) is 9.58. The maximum Gasteiger partial charge on any atom is 0.119 e. The molecule has 3 heteroatoms.